The molecule has 7 nitrogen and oxygen atoms in total. The fraction of sp³-hybridized carbons (Fsp3) is 0.611. The maximum Gasteiger partial charge on any atom is 0.416 e. The third-order valence-corrected chi connectivity index (χ3v) is 6.16. The van der Waals surface area contributed by atoms with Gasteiger partial charge in [-0.15, -0.1) is 24.0 Å². The van der Waals surface area contributed by atoms with Gasteiger partial charge in [-0.2, -0.15) is 17.5 Å². The lowest BCUT2D eigenvalue weighted by Crippen LogP contribution is -2.42. The fourth-order valence-corrected chi connectivity index (χ4v) is 4.04. The van der Waals surface area contributed by atoms with Crippen LogP contribution in [0.25, 0.3) is 0 Å². The van der Waals surface area contributed by atoms with Crippen LogP contribution in [-0.2, 0) is 27.4 Å². The summed E-state index contributed by atoms with van der Waals surface area (Å²) in [6, 6.07) is 5.02. The van der Waals surface area contributed by atoms with Gasteiger partial charge in [-0.3, -0.25) is 4.99 Å². The van der Waals surface area contributed by atoms with Crippen LogP contribution in [0.15, 0.2) is 29.3 Å². The van der Waals surface area contributed by atoms with E-state index in [2.05, 4.69) is 15.6 Å². The van der Waals surface area contributed by atoms with Gasteiger partial charge >= 0.3 is 6.18 Å². The van der Waals surface area contributed by atoms with Crippen LogP contribution in [0.3, 0.4) is 0 Å². The summed E-state index contributed by atoms with van der Waals surface area (Å²) in [6.07, 6.45) is -3.84. The lowest BCUT2D eigenvalue weighted by Gasteiger charge is -2.25. The van der Waals surface area contributed by atoms with Gasteiger partial charge in [0.2, 0.25) is 10.0 Å². The van der Waals surface area contributed by atoms with E-state index in [1.807, 2.05) is 6.92 Å². The first-order chi connectivity index (χ1) is 13.7. The average molecular weight is 564 g/mol. The van der Waals surface area contributed by atoms with Gasteiger partial charge in [0.1, 0.15) is 0 Å². The molecule has 1 heterocycles. The Hall–Kier alpha value is -1.12. The number of sulfonamides is 1. The summed E-state index contributed by atoms with van der Waals surface area (Å²) in [4.78, 5) is 4.28. The van der Waals surface area contributed by atoms with Crippen molar-refractivity contribution in [3.63, 3.8) is 0 Å². The Labute approximate surface area is 192 Å². The van der Waals surface area contributed by atoms with Crippen LogP contribution in [0.1, 0.15) is 18.1 Å². The maximum atomic E-state index is 12.6. The van der Waals surface area contributed by atoms with Gasteiger partial charge in [0.05, 0.1) is 31.1 Å². The van der Waals surface area contributed by atoms with Crippen molar-refractivity contribution in [3.8, 4) is 0 Å². The lowest BCUT2D eigenvalue weighted by molar-refractivity contribution is -0.137. The molecule has 0 aromatic heterocycles. The Kier molecular flexibility index (Phi) is 11.4. The topological polar surface area (TPSA) is 83.0 Å². The molecule has 0 bridgehead atoms. The molecule has 0 spiro atoms. The van der Waals surface area contributed by atoms with E-state index in [4.69, 9.17) is 4.74 Å². The molecular formula is C18H28F3IN4O3S. The lowest BCUT2D eigenvalue weighted by atomic mass is 10.1. The van der Waals surface area contributed by atoms with E-state index in [1.54, 1.807) is 0 Å². The van der Waals surface area contributed by atoms with Crippen molar-refractivity contribution in [1.82, 2.24) is 14.9 Å². The Balaban J connectivity index is 0.00000450. The molecule has 30 heavy (non-hydrogen) atoms. The zero-order valence-corrected chi connectivity index (χ0v) is 19.9. The highest BCUT2D eigenvalue weighted by Crippen LogP contribution is 2.29. The highest BCUT2D eigenvalue weighted by Gasteiger charge is 2.29. The summed E-state index contributed by atoms with van der Waals surface area (Å²) in [5, 5.41) is 6.09. The minimum Gasteiger partial charge on any atom is -0.379 e. The first-order valence-electron chi connectivity index (χ1n) is 9.46. The van der Waals surface area contributed by atoms with Crippen molar-refractivity contribution in [2.75, 3.05) is 51.7 Å². The zero-order chi connectivity index (χ0) is 21.3. The number of hydrogen-bond acceptors (Lipinski definition) is 4. The Morgan fingerprint density at radius 1 is 1.17 bits per heavy atom. The van der Waals surface area contributed by atoms with Gasteiger partial charge in [-0.1, -0.05) is 12.1 Å². The molecule has 2 rings (SSSR count). The van der Waals surface area contributed by atoms with Gasteiger partial charge in [-0.05, 0) is 31.0 Å². The highest BCUT2D eigenvalue weighted by atomic mass is 127. The molecule has 1 aliphatic heterocycles. The van der Waals surface area contributed by atoms with Crippen LogP contribution in [0.4, 0.5) is 13.2 Å². The predicted molar refractivity (Wildman–Crippen MR) is 121 cm³/mol. The van der Waals surface area contributed by atoms with Crippen LogP contribution < -0.4 is 10.6 Å². The average Bonchev–Trinajstić information content (AvgIpc) is 2.68. The smallest absolute Gasteiger partial charge is 0.379 e. The molecule has 0 saturated carbocycles. The van der Waals surface area contributed by atoms with Crippen LogP contribution in [0.2, 0.25) is 0 Å². The molecular weight excluding hydrogens is 536 g/mol. The molecule has 172 valence electrons. The summed E-state index contributed by atoms with van der Waals surface area (Å²) in [7, 11) is -3.37. The van der Waals surface area contributed by atoms with Crippen LogP contribution in [-0.4, -0.2) is 70.4 Å². The largest absolute Gasteiger partial charge is 0.416 e. The van der Waals surface area contributed by atoms with Crippen LogP contribution in [0.5, 0.6) is 0 Å². The SMILES string of the molecule is CCNC(=NCCS(=O)(=O)N1CCOCC1)NCCc1ccc(C(F)(F)F)cc1.I. The second-order valence-corrected chi connectivity index (χ2v) is 8.55. The number of ether oxygens (including phenoxy) is 1. The second-order valence-electron chi connectivity index (χ2n) is 6.46. The number of nitrogens with zero attached hydrogens (tertiary/aromatic N) is 2. The quantitative estimate of drug-likeness (QED) is 0.287. The maximum absolute atomic E-state index is 12.6. The molecule has 0 amide bonds. The number of benzene rings is 1. The van der Waals surface area contributed by atoms with E-state index in [9.17, 15) is 21.6 Å². The Bertz CT molecular complexity index is 768. The number of rotatable bonds is 8. The molecule has 0 aliphatic carbocycles. The monoisotopic (exact) mass is 564 g/mol. The van der Waals surface area contributed by atoms with E-state index in [0.29, 0.717) is 51.8 Å². The van der Waals surface area contributed by atoms with Crippen molar-refractivity contribution in [3.05, 3.63) is 35.4 Å². The fourth-order valence-electron chi connectivity index (χ4n) is 2.75. The van der Waals surface area contributed by atoms with Gasteiger partial charge in [0, 0.05) is 26.2 Å². The Morgan fingerprint density at radius 3 is 2.37 bits per heavy atom. The molecule has 1 aromatic carbocycles. The number of hydrogen-bond donors (Lipinski definition) is 2. The van der Waals surface area contributed by atoms with Crippen molar-refractivity contribution < 1.29 is 26.3 Å². The van der Waals surface area contributed by atoms with Crippen molar-refractivity contribution in [2.24, 2.45) is 4.99 Å². The summed E-state index contributed by atoms with van der Waals surface area (Å²) >= 11 is 0. The molecule has 12 heteroatoms. The number of alkyl halides is 3. The molecule has 0 unspecified atom stereocenters. The van der Waals surface area contributed by atoms with Crippen molar-refractivity contribution in [1.29, 1.82) is 0 Å². The standard InChI is InChI=1S/C18H27F3N4O3S.HI/c1-2-22-17(24-9-14-29(26,27)25-10-12-28-13-11-25)23-8-7-15-3-5-16(6-4-15)18(19,20)21;/h3-6H,2,7-14H2,1H3,(H2,22,23,24);1H. The van der Waals surface area contributed by atoms with Gasteiger partial charge < -0.3 is 15.4 Å². The van der Waals surface area contributed by atoms with E-state index >= 15 is 0 Å². The summed E-state index contributed by atoms with van der Waals surface area (Å²) < 4.78 is 69.0. The Morgan fingerprint density at radius 2 is 1.80 bits per heavy atom. The molecule has 2 N–H and O–H groups in total. The van der Waals surface area contributed by atoms with E-state index in [-0.39, 0.29) is 36.3 Å². The number of morpholine rings is 1. The third kappa shape index (κ3) is 8.94. The first kappa shape index (κ1) is 26.9. The minimum atomic E-state index is -4.34. The number of halogens is 4. The first-order valence-corrected chi connectivity index (χ1v) is 11.1. The highest BCUT2D eigenvalue weighted by molar-refractivity contribution is 14.0. The number of guanidine groups is 1. The second kappa shape index (κ2) is 12.7. The molecule has 0 atom stereocenters. The molecule has 1 saturated heterocycles. The van der Waals surface area contributed by atoms with E-state index in [1.165, 1.54) is 16.4 Å². The van der Waals surface area contributed by atoms with Gasteiger partial charge in [-0.25, -0.2) is 8.42 Å². The van der Waals surface area contributed by atoms with Crippen molar-refractivity contribution in [2.45, 2.75) is 19.5 Å². The predicted octanol–water partition coefficient (Wildman–Crippen LogP) is 2.08. The molecule has 1 fully saturated rings. The number of nitrogens with one attached hydrogen (secondary N) is 2. The third-order valence-electron chi connectivity index (χ3n) is 4.31. The van der Waals surface area contributed by atoms with Crippen LogP contribution in [0, 0.1) is 0 Å². The zero-order valence-electron chi connectivity index (χ0n) is 16.7. The molecule has 1 aliphatic rings. The van der Waals surface area contributed by atoms with E-state index in [0.717, 1.165) is 17.7 Å². The van der Waals surface area contributed by atoms with Crippen LogP contribution >= 0.6 is 24.0 Å². The summed E-state index contributed by atoms with van der Waals surface area (Å²) in [6.45, 7) is 4.56. The van der Waals surface area contributed by atoms with Gasteiger partial charge in [0.15, 0.2) is 5.96 Å². The summed E-state index contributed by atoms with van der Waals surface area (Å²) in [5.74, 6) is 0.374. The normalized spacial score (nSPS) is 16.1. The van der Waals surface area contributed by atoms with Gasteiger partial charge in [0.25, 0.3) is 0 Å². The van der Waals surface area contributed by atoms with Crippen molar-refractivity contribution >= 4 is 40.0 Å². The molecule has 0 radical (unpaired) electrons. The molecule has 1 aromatic rings. The summed E-state index contributed by atoms with van der Waals surface area (Å²) in [5.41, 5.74) is 0.0850. The number of aliphatic imine (C=N–C) groups is 1. The van der Waals surface area contributed by atoms with E-state index < -0.39 is 21.8 Å². The minimum absolute atomic E-state index is 0.